The normalized spacial score (nSPS) is 16.3. The summed E-state index contributed by atoms with van der Waals surface area (Å²) in [7, 11) is 0. The number of rotatable bonds is 7. The lowest BCUT2D eigenvalue weighted by atomic mass is 9.82. The first-order valence-electron chi connectivity index (χ1n) is 5.15. The summed E-state index contributed by atoms with van der Waals surface area (Å²) in [5.41, 5.74) is 8.76. The Kier molecular flexibility index (Phi) is 5.24. The van der Waals surface area contributed by atoms with Crippen LogP contribution in [0.25, 0.3) is 0 Å². The Morgan fingerprint density at radius 2 is 1.71 bits per heavy atom. The highest BCUT2D eigenvalue weighted by Gasteiger charge is 2.45. The van der Waals surface area contributed by atoms with Crippen molar-refractivity contribution < 1.29 is 24.6 Å². The van der Waals surface area contributed by atoms with E-state index in [1.807, 2.05) is 0 Å². The molecule has 0 rings (SSSR count). The minimum absolute atomic E-state index is 0.0888. The molecule has 0 amide bonds. The second-order valence-corrected chi connectivity index (χ2v) is 4.44. The Morgan fingerprint density at radius 3 is 2.00 bits per heavy atom. The fourth-order valence-corrected chi connectivity index (χ4v) is 1.55. The van der Waals surface area contributed by atoms with Crippen molar-refractivity contribution in [1.29, 1.82) is 0 Å². The maximum Gasteiger partial charge on any atom is 0.331 e. The van der Waals surface area contributed by atoms with E-state index in [0.717, 1.165) is 0 Å². The second kappa shape index (κ2) is 5.74. The van der Waals surface area contributed by atoms with Crippen LogP contribution >= 0.6 is 0 Å². The van der Waals surface area contributed by atoms with Crippen LogP contribution in [0.15, 0.2) is 0 Å². The number of carboxylic acids is 2. The molecule has 0 fully saturated rings. The molecule has 0 bridgehead atoms. The SMILES string of the molecule is CC(C)CC(N)(C(=O)O)C(=O)C(N)CC(=O)O. The van der Waals surface area contributed by atoms with Crippen molar-refractivity contribution >= 4 is 17.7 Å². The highest BCUT2D eigenvalue weighted by molar-refractivity contribution is 6.10. The lowest BCUT2D eigenvalue weighted by Gasteiger charge is -2.27. The van der Waals surface area contributed by atoms with Gasteiger partial charge in [-0.25, -0.2) is 4.79 Å². The van der Waals surface area contributed by atoms with Crippen LogP contribution in [0, 0.1) is 5.92 Å². The molecule has 2 atom stereocenters. The van der Waals surface area contributed by atoms with Crippen LogP contribution in [0.5, 0.6) is 0 Å². The van der Waals surface area contributed by atoms with Crippen LogP contribution in [-0.4, -0.2) is 39.5 Å². The Bertz CT molecular complexity index is 329. The monoisotopic (exact) mass is 246 g/mol. The lowest BCUT2D eigenvalue weighted by Crippen LogP contribution is -2.61. The van der Waals surface area contributed by atoms with Crippen LogP contribution < -0.4 is 11.5 Å². The highest BCUT2D eigenvalue weighted by Crippen LogP contribution is 2.18. The van der Waals surface area contributed by atoms with Gasteiger partial charge in [0.25, 0.3) is 0 Å². The van der Waals surface area contributed by atoms with E-state index in [0.29, 0.717) is 0 Å². The van der Waals surface area contributed by atoms with Gasteiger partial charge >= 0.3 is 11.9 Å². The third-order valence-electron chi connectivity index (χ3n) is 2.28. The lowest BCUT2D eigenvalue weighted by molar-refractivity contribution is -0.151. The third-order valence-corrected chi connectivity index (χ3v) is 2.28. The van der Waals surface area contributed by atoms with E-state index < -0.39 is 35.7 Å². The molecule has 7 nitrogen and oxygen atoms in total. The van der Waals surface area contributed by atoms with Gasteiger partial charge < -0.3 is 21.7 Å². The number of nitrogens with two attached hydrogens (primary N) is 2. The van der Waals surface area contributed by atoms with Gasteiger partial charge in [-0.05, 0) is 12.3 Å². The quantitative estimate of drug-likeness (QED) is 0.430. The van der Waals surface area contributed by atoms with E-state index in [1.54, 1.807) is 13.8 Å². The Hall–Kier alpha value is -1.47. The highest BCUT2D eigenvalue weighted by atomic mass is 16.4. The summed E-state index contributed by atoms with van der Waals surface area (Å²) < 4.78 is 0. The molecular formula is C10H18N2O5. The zero-order valence-electron chi connectivity index (χ0n) is 9.84. The Balaban J connectivity index is 5.00. The third kappa shape index (κ3) is 4.12. The summed E-state index contributed by atoms with van der Waals surface area (Å²) in [4.78, 5) is 33.2. The largest absolute Gasteiger partial charge is 0.481 e. The molecule has 7 heteroatoms. The molecule has 0 saturated heterocycles. The molecule has 0 aliphatic heterocycles. The minimum Gasteiger partial charge on any atom is -0.481 e. The molecule has 98 valence electrons. The van der Waals surface area contributed by atoms with Crippen molar-refractivity contribution in [3.8, 4) is 0 Å². The molecular weight excluding hydrogens is 228 g/mol. The van der Waals surface area contributed by atoms with Gasteiger partial charge in [-0.3, -0.25) is 9.59 Å². The predicted octanol–water partition coefficient (Wildman–Crippen LogP) is -0.814. The predicted molar refractivity (Wildman–Crippen MR) is 59.2 cm³/mol. The molecule has 0 aliphatic carbocycles. The van der Waals surface area contributed by atoms with Gasteiger partial charge in [0.1, 0.15) is 0 Å². The number of Topliss-reactive ketones (excluding diaryl/α,β-unsaturated/α-hetero) is 1. The molecule has 0 heterocycles. The van der Waals surface area contributed by atoms with Crippen molar-refractivity contribution in [1.82, 2.24) is 0 Å². The van der Waals surface area contributed by atoms with Crippen LogP contribution in [0.2, 0.25) is 0 Å². The Labute approximate surface area is 98.8 Å². The molecule has 17 heavy (non-hydrogen) atoms. The summed E-state index contributed by atoms with van der Waals surface area (Å²) >= 11 is 0. The maximum atomic E-state index is 11.8. The zero-order valence-corrected chi connectivity index (χ0v) is 9.84. The second-order valence-electron chi connectivity index (χ2n) is 4.44. The van der Waals surface area contributed by atoms with Gasteiger partial charge in [-0.1, -0.05) is 13.8 Å². The molecule has 0 aromatic carbocycles. The van der Waals surface area contributed by atoms with Crippen molar-refractivity contribution in [3.63, 3.8) is 0 Å². The first-order valence-corrected chi connectivity index (χ1v) is 5.15. The minimum atomic E-state index is -2.12. The van der Waals surface area contributed by atoms with Crippen molar-refractivity contribution in [3.05, 3.63) is 0 Å². The van der Waals surface area contributed by atoms with Crippen molar-refractivity contribution in [2.45, 2.75) is 38.3 Å². The first kappa shape index (κ1) is 15.5. The first-order chi connectivity index (χ1) is 7.61. The van der Waals surface area contributed by atoms with Gasteiger partial charge in [-0.2, -0.15) is 0 Å². The van der Waals surface area contributed by atoms with Gasteiger partial charge in [0.05, 0.1) is 12.5 Å². The average Bonchev–Trinajstić information content (AvgIpc) is 2.13. The number of ketones is 1. The molecule has 0 spiro atoms. The fraction of sp³-hybridized carbons (Fsp3) is 0.700. The average molecular weight is 246 g/mol. The maximum absolute atomic E-state index is 11.8. The summed E-state index contributed by atoms with van der Waals surface area (Å²) in [6.07, 6.45) is -0.725. The molecule has 2 unspecified atom stereocenters. The molecule has 0 saturated carbocycles. The van der Waals surface area contributed by atoms with E-state index in [9.17, 15) is 14.4 Å². The van der Waals surface area contributed by atoms with Crippen LogP contribution in [-0.2, 0) is 14.4 Å². The fourth-order valence-electron chi connectivity index (χ4n) is 1.55. The van der Waals surface area contributed by atoms with Crippen LogP contribution in [0.4, 0.5) is 0 Å². The van der Waals surface area contributed by atoms with Gasteiger partial charge in [0, 0.05) is 0 Å². The van der Waals surface area contributed by atoms with Crippen LogP contribution in [0.3, 0.4) is 0 Å². The molecule has 6 N–H and O–H groups in total. The van der Waals surface area contributed by atoms with Gasteiger partial charge in [0.15, 0.2) is 11.3 Å². The van der Waals surface area contributed by atoms with E-state index in [4.69, 9.17) is 21.7 Å². The zero-order chi connectivity index (χ0) is 13.8. The number of hydrogen-bond acceptors (Lipinski definition) is 5. The number of carboxylic acid groups (broad SMARTS) is 2. The summed E-state index contributed by atoms with van der Waals surface area (Å²) in [6, 6.07) is -1.41. The van der Waals surface area contributed by atoms with Gasteiger partial charge in [0.2, 0.25) is 0 Å². The summed E-state index contributed by atoms with van der Waals surface area (Å²) in [5.74, 6) is -3.85. The van der Waals surface area contributed by atoms with E-state index in [1.165, 1.54) is 0 Å². The summed E-state index contributed by atoms with van der Waals surface area (Å²) in [5, 5.41) is 17.5. The Morgan fingerprint density at radius 1 is 1.24 bits per heavy atom. The van der Waals surface area contributed by atoms with E-state index in [-0.39, 0.29) is 12.3 Å². The number of carbonyl (C=O) groups excluding carboxylic acids is 1. The van der Waals surface area contributed by atoms with Crippen molar-refractivity contribution in [2.24, 2.45) is 17.4 Å². The smallest absolute Gasteiger partial charge is 0.331 e. The van der Waals surface area contributed by atoms with E-state index >= 15 is 0 Å². The standard InChI is InChI=1S/C10H18N2O5/c1-5(2)4-10(12,9(16)17)8(15)6(11)3-7(13)14/h5-6H,3-4,11-12H2,1-2H3,(H,13,14)(H,16,17). The van der Waals surface area contributed by atoms with Crippen LogP contribution in [0.1, 0.15) is 26.7 Å². The topological polar surface area (TPSA) is 144 Å². The number of hydrogen-bond donors (Lipinski definition) is 4. The van der Waals surface area contributed by atoms with Crippen molar-refractivity contribution in [2.75, 3.05) is 0 Å². The van der Waals surface area contributed by atoms with E-state index in [2.05, 4.69) is 0 Å². The van der Waals surface area contributed by atoms with Gasteiger partial charge in [-0.15, -0.1) is 0 Å². The number of carbonyl (C=O) groups is 3. The molecule has 0 radical (unpaired) electrons. The molecule has 0 aliphatic rings. The molecule has 0 aromatic rings. The number of aliphatic carboxylic acids is 2. The summed E-state index contributed by atoms with van der Waals surface area (Å²) in [6.45, 7) is 3.42. The molecule has 0 aromatic heterocycles.